The molecule has 0 fully saturated rings. The van der Waals surface area contributed by atoms with Crippen LogP contribution in [0, 0.1) is 18.3 Å². The van der Waals surface area contributed by atoms with Gasteiger partial charge in [0.1, 0.15) is 6.07 Å². The van der Waals surface area contributed by atoms with E-state index in [1.165, 1.54) is 44.4 Å². The van der Waals surface area contributed by atoms with E-state index in [4.69, 9.17) is 11.6 Å². The highest BCUT2D eigenvalue weighted by Crippen LogP contribution is 2.35. The van der Waals surface area contributed by atoms with Gasteiger partial charge in [0, 0.05) is 24.0 Å². The second-order valence-electron chi connectivity index (χ2n) is 12.2. The number of nitrogens with one attached hydrogen (secondary N) is 1. The van der Waals surface area contributed by atoms with Crippen LogP contribution in [0.1, 0.15) is 85.0 Å². The van der Waals surface area contributed by atoms with Crippen molar-refractivity contribution in [2.24, 2.45) is 0 Å². The Kier molecular flexibility index (Phi) is 12.7. The van der Waals surface area contributed by atoms with Crippen LogP contribution < -0.4 is 10.8 Å². The zero-order valence-corrected chi connectivity index (χ0v) is 28.0. The summed E-state index contributed by atoms with van der Waals surface area (Å²) in [5.74, 6) is 0. The first kappa shape index (κ1) is 33.5. The summed E-state index contributed by atoms with van der Waals surface area (Å²) in [5.41, 5.74) is 13.8. The molecule has 228 valence electrons. The molecule has 1 N–H and O–H groups in total. The minimum atomic E-state index is 0.528. The van der Waals surface area contributed by atoms with Crippen LogP contribution in [-0.2, 0) is 38.4 Å². The molecule has 44 heavy (non-hydrogen) atoms. The van der Waals surface area contributed by atoms with Gasteiger partial charge in [-0.3, -0.25) is 4.98 Å². The van der Waals surface area contributed by atoms with E-state index in [1.54, 1.807) is 6.20 Å². The molecular formula is C39H47BClN3. The number of rotatable bonds is 15. The molecular weight excluding hydrogens is 557 g/mol. The molecule has 4 rings (SSSR count). The third kappa shape index (κ3) is 8.84. The second kappa shape index (κ2) is 16.6. The first-order valence-corrected chi connectivity index (χ1v) is 16.8. The Labute approximate surface area is 271 Å². The highest BCUT2D eigenvalue weighted by atomic mass is 35.5. The fraction of sp³-hybridized carbons (Fsp3) is 0.385. The minimum absolute atomic E-state index is 0.528. The normalized spacial score (nSPS) is 11.1. The van der Waals surface area contributed by atoms with Gasteiger partial charge >= 0.3 is 0 Å². The number of unbranched alkanes of at least 4 members (excludes halogenated alkanes) is 1. The molecule has 0 saturated heterocycles. The Morgan fingerprint density at radius 3 is 2.30 bits per heavy atom. The van der Waals surface area contributed by atoms with E-state index in [0.29, 0.717) is 11.6 Å². The fourth-order valence-corrected chi connectivity index (χ4v) is 6.53. The number of pyridine rings is 1. The molecule has 5 heteroatoms. The van der Waals surface area contributed by atoms with Gasteiger partial charge in [-0.1, -0.05) is 98.9 Å². The molecule has 0 aliphatic heterocycles. The number of nitrogens with zero attached hydrogens (tertiary/aromatic N) is 2. The zero-order valence-electron chi connectivity index (χ0n) is 27.3. The first-order valence-electron chi connectivity index (χ1n) is 16.4. The summed E-state index contributed by atoms with van der Waals surface area (Å²) >= 11 is 7.04. The van der Waals surface area contributed by atoms with E-state index in [1.807, 2.05) is 12.3 Å². The quantitative estimate of drug-likeness (QED) is 0.110. The maximum atomic E-state index is 9.27. The summed E-state index contributed by atoms with van der Waals surface area (Å²) in [5, 5.41) is 13.7. The first-order chi connectivity index (χ1) is 21.3. The Hall–Kier alpha value is -3.39. The molecule has 0 atom stereocenters. The van der Waals surface area contributed by atoms with Crippen molar-refractivity contribution < 1.29 is 0 Å². The summed E-state index contributed by atoms with van der Waals surface area (Å²) in [6, 6.07) is 22.8. The van der Waals surface area contributed by atoms with Crippen LogP contribution in [-0.4, -0.2) is 24.9 Å². The van der Waals surface area contributed by atoms with Crippen LogP contribution in [0.5, 0.6) is 0 Å². The van der Waals surface area contributed by atoms with Gasteiger partial charge in [0.05, 0.1) is 10.6 Å². The molecule has 1 heterocycles. The average molecular weight is 604 g/mol. The fourth-order valence-electron chi connectivity index (χ4n) is 6.21. The maximum Gasteiger partial charge on any atom is 0.162 e. The predicted octanol–water partition coefficient (Wildman–Crippen LogP) is 8.07. The molecule has 0 aliphatic rings. The highest BCUT2D eigenvalue weighted by Gasteiger charge is 2.14. The molecule has 4 aromatic rings. The standard InChI is InChI=1S/C39H47BClN3/c1-6-31-21-32(7-2)38(40-23-29-20-30(24-42)26-43-25-29)22-35(31)18-17-33-13-10-15-36(28(33)5)37-16-11-14-34(39(37)41)12-8-9-19-44-27(3)4/h10-11,13-16,20-22,25-27,40,44H,6-9,12,17-19,23H2,1-5H3. The lowest BCUT2D eigenvalue weighted by molar-refractivity contribution is 0.557. The average Bonchev–Trinajstić information content (AvgIpc) is 3.03. The van der Waals surface area contributed by atoms with Gasteiger partial charge in [0.15, 0.2) is 7.28 Å². The Bertz CT molecular complexity index is 1590. The van der Waals surface area contributed by atoms with Crippen molar-refractivity contribution in [1.29, 1.82) is 5.26 Å². The number of hydrogen-bond acceptors (Lipinski definition) is 3. The summed E-state index contributed by atoms with van der Waals surface area (Å²) < 4.78 is 0. The largest absolute Gasteiger partial charge is 0.315 e. The van der Waals surface area contributed by atoms with Crippen molar-refractivity contribution in [3.05, 3.63) is 117 Å². The molecule has 1 aromatic heterocycles. The van der Waals surface area contributed by atoms with Gasteiger partial charge in [-0.25, -0.2) is 0 Å². The van der Waals surface area contributed by atoms with Gasteiger partial charge in [0.2, 0.25) is 0 Å². The summed E-state index contributed by atoms with van der Waals surface area (Å²) in [6.45, 7) is 12.2. The molecule has 0 aliphatic carbocycles. The monoisotopic (exact) mass is 603 g/mol. The lowest BCUT2D eigenvalue weighted by atomic mass is 9.62. The lowest BCUT2D eigenvalue weighted by Crippen LogP contribution is -2.23. The van der Waals surface area contributed by atoms with Crippen molar-refractivity contribution in [2.75, 3.05) is 6.54 Å². The number of halogens is 1. The van der Waals surface area contributed by atoms with E-state index >= 15 is 0 Å². The zero-order chi connectivity index (χ0) is 31.5. The molecule has 3 aromatic carbocycles. The van der Waals surface area contributed by atoms with Crippen molar-refractivity contribution >= 4 is 24.3 Å². The third-order valence-electron chi connectivity index (χ3n) is 8.79. The number of hydrogen-bond donors (Lipinski definition) is 1. The predicted molar refractivity (Wildman–Crippen MR) is 190 cm³/mol. The van der Waals surface area contributed by atoms with Gasteiger partial charge in [0.25, 0.3) is 0 Å². The van der Waals surface area contributed by atoms with Crippen LogP contribution in [0.3, 0.4) is 0 Å². The van der Waals surface area contributed by atoms with E-state index in [-0.39, 0.29) is 0 Å². The third-order valence-corrected chi connectivity index (χ3v) is 9.24. The molecule has 3 nitrogen and oxygen atoms in total. The molecule has 0 bridgehead atoms. The van der Waals surface area contributed by atoms with E-state index in [9.17, 15) is 5.26 Å². The molecule has 0 unspecified atom stereocenters. The molecule has 0 spiro atoms. The topological polar surface area (TPSA) is 48.7 Å². The van der Waals surface area contributed by atoms with Crippen LogP contribution >= 0.6 is 11.6 Å². The highest BCUT2D eigenvalue weighted by molar-refractivity contribution is 6.53. The Balaban J connectivity index is 1.51. The summed E-state index contributed by atoms with van der Waals surface area (Å²) in [4.78, 5) is 4.26. The van der Waals surface area contributed by atoms with E-state index in [2.05, 4.69) is 99.5 Å². The van der Waals surface area contributed by atoms with Crippen molar-refractivity contribution in [1.82, 2.24) is 10.3 Å². The Morgan fingerprint density at radius 1 is 0.841 bits per heavy atom. The van der Waals surface area contributed by atoms with Crippen LogP contribution in [0.4, 0.5) is 0 Å². The van der Waals surface area contributed by atoms with Gasteiger partial charge in [-0.2, -0.15) is 5.26 Å². The van der Waals surface area contributed by atoms with Crippen molar-refractivity contribution in [3.63, 3.8) is 0 Å². The van der Waals surface area contributed by atoms with Crippen molar-refractivity contribution in [2.45, 2.75) is 91.9 Å². The van der Waals surface area contributed by atoms with Crippen LogP contribution in [0.2, 0.25) is 5.02 Å². The minimum Gasteiger partial charge on any atom is -0.315 e. The molecule has 0 radical (unpaired) electrons. The Morgan fingerprint density at radius 2 is 1.57 bits per heavy atom. The lowest BCUT2D eigenvalue weighted by Gasteiger charge is -2.17. The van der Waals surface area contributed by atoms with Gasteiger partial charge < -0.3 is 5.32 Å². The second-order valence-corrected chi connectivity index (χ2v) is 12.6. The van der Waals surface area contributed by atoms with Crippen molar-refractivity contribution in [3.8, 4) is 17.2 Å². The smallest absolute Gasteiger partial charge is 0.162 e. The van der Waals surface area contributed by atoms with E-state index < -0.39 is 0 Å². The number of aryl methyl sites for hydroxylation is 5. The number of nitriles is 1. The molecule has 0 saturated carbocycles. The van der Waals surface area contributed by atoms with E-state index in [0.717, 1.165) is 81.2 Å². The SMILES string of the molecule is CCc1cc(CC)c(CCc2cccc(-c3cccc(CCCCNC(C)C)c3Cl)c2C)cc1BCc1cncc(C#N)c1. The summed E-state index contributed by atoms with van der Waals surface area (Å²) in [6.07, 6.45) is 11.7. The summed E-state index contributed by atoms with van der Waals surface area (Å²) in [7, 11) is 0.953. The van der Waals surface area contributed by atoms with Crippen LogP contribution in [0.15, 0.2) is 67.0 Å². The number of aromatic nitrogens is 1. The van der Waals surface area contributed by atoms with Crippen LogP contribution in [0.25, 0.3) is 11.1 Å². The maximum absolute atomic E-state index is 9.27. The molecule has 0 amide bonds. The number of benzene rings is 3. The van der Waals surface area contributed by atoms with Gasteiger partial charge in [-0.15, -0.1) is 0 Å². The van der Waals surface area contributed by atoms with Gasteiger partial charge in [-0.05, 0) is 110 Å².